The summed E-state index contributed by atoms with van der Waals surface area (Å²) in [4.78, 5) is 109. The number of thiazole rings is 5. The summed E-state index contributed by atoms with van der Waals surface area (Å²) in [6.45, 7) is 39.2. The summed E-state index contributed by atoms with van der Waals surface area (Å²) in [5.41, 5.74) is 29.6. The minimum absolute atomic E-state index is 0.0348. The van der Waals surface area contributed by atoms with Gasteiger partial charge in [0.1, 0.15) is 0 Å². The summed E-state index contributed by atoms with van der Waals surface area (Å²) in [6, 6.07) is 28.7. The predicted molar refractivity (Wildman–Crippen MR) is 509 cm³/mol. The average Bonchev–Trinajstić information content (AvgIpc) is 1.47. The molecule has 0 fully saturated rings. The molecule has 0 N–H and O–H groups in total. The largest absolute Gasteiger partial charge is 0.416 e. The summed E-state index contributed by atoms with van der Waals surface area (Å²) >= 11 is 8.22. The van der Waals surface area contributed by atoms with E-state index in [1.807, 2.05) is 72.0 Å². The number of ketones is 5. The van der Waals surface area contributed by atoms with Gasteiger partial charge < -0.3 is 0 Å². The highest BCUT2D eigenvalue weighted by Gasteiger charge is 2.57. The minimum Gasteiger partial charge on any atom is -0.294 e. The lowest BCUT2D eigenvalue weighted by Crippen LogP contribution is -2.42. The number of allylic oxidation sites excluding steroid dienone is 10. The van der Waals surface area contributed by atoms with Crippen LogP contribution in [0.1, 0.15) is 313 Å². The number of fused-ring (bicyclic) bond motifs is 5. The van der Waals surface area contributed by atoms with Gasteiger partial charge in [0, 0.05) is 147 Å². The molecular weight excluding hydrogens is 1690 g/mol. The van der Waals surface area contributed by atoms with Crippen molar-refractivity contribution >= 4 is 85.6 Å². The average molecular weight is 1810 g/mol. The highest BCUT2D eigenvalue weighted by Crippen LogP contribution is 2.62. The molecule has 2 aromatic carbocycles. The van der Waals surface area contributed by atoms with Gasteiger partial charge in [0.15, 0.2) is 28.9 Å². The lowest BCUT2D eigenvalue weighted by Gasteiger charge is -2.45. The Kier molecular flexibility index (Phi) is 24.7. The molecule has 0 spiro atoms. The number of Topliss-reactive ketones (excluding diaryl/α,β-unsaturated/α-hetero) is 5. The second-order valence-corrected chi connectivity index (χ2v) is 46.3. The van der Waals surface area contributed by atoms with Crippen LogP contribution in [0.15, 0.2) is 205 Å². The van der Waals surface area contributed by atoms with Crippen LogP contribution in [-0.2, 0) is 94.7 Å². The van der Waals surface area contributed by atoms with Crippen LogP contribution in [0.2, 0.25) is 0 Å². The van der Waals surface area contributed by atoms with Gasteiger partial charge in [0.2, 0.25) is 0 Å². The lowest BCUT2D eigenvalue weighted by atomic mass is 9.58. The molecule has 10 aromatic rings. The van der Waals surface area contributed by atoms with Crippen molar-refractivity contribution in [1.82, 2.24) is 39.9 Å². The molecule has 668 valence electrons. The zero-order valence-corrected chi connectivity index (χ0v) is 81.5. The highest BCUT2D eigenvalue weighted by atomic mass is 32.1. The third-order valence-corrected chi connectivity index (χ3v) is 34.1. The van der Waals surface area contributed by atoms with Crippen molar-refractivity contribution in [2.24, 2.45) is 27.1 Å². The van der Waals surface area contributed by atoms with Gasteiger partial charge in [-0.25, -0.2) is 24.9 Å². The Bertz CT molecular complexity index is 5700. The number of carbonyl (C=O) groups excluding carboxylic acids is 5. The molecule has 21 heteroatoms. The van der Waals surface area contributed by atoms with Gasteiger partial charge in [-0.1, -0.05) is 207 Å². The summed E-state index contributed by atoms with van der Waals surface area (Å²) in [5, 5.41) is 0. The molecule has 0 bridgehead atoms. The molecule has 13 nitrogen and oxygen atoms in total. The van der Waals surface area contributed by atoms with Gasteiger partial charge in [-0.3, -0.25) is 38.9 Å². The molecule has 5 atom stereocenters. The van der Waals surface area contributed by atoms with E-state index >= 15 is 0 Å². The van der Waals surface area contributed by atoms with Crippen LogP contribution >= 0.6 is 56.7 Å². The van der Waals surface area contributed by atoms with Crippen molar-refractivity contribution in [3.8, 4) is 0 Å². The molecule has 8 aromatic heterocycles. The first-order valence-electron chi connectivity index (χ1n) is 45.5. The second-order valence-electron chi connectivity index (χ2n) is 42.0. The van der Waals surface area contributed by atoms with Crippen molar-refractivity contribution in [3.05, 3.63) is 297 Å². The molecule has 128 heavy (non-hydrogen) atoms. The second kappa shape index (κ2) is 34.2. The Labute approximate surface area is 772 Å². The van der Waals surface area contributed by atoms with Crippen molar-refractivity contribution in [1.29, 1.82) is 0 Å². The van der Waals surface area contributed by atoms with E-state index < -0.39 is 22.6 Å². The first kappa shape index (κ1) is 92.2. The van der Waals surface area contributed by atoms with Crippen molar-refractivity contribution in [2.75, 3.05) is 0 Å². The molecule has 0 amide bonds. The van der Waals surface area contributed by atoms with Crippen LogP contribution in [0, 0.1) is 27.1 Å². The SMILES string of the molecule is CCC1(c2cccc(C(C)(C)C)c2)C2=C(Cc3ncsc31)CC(C)(C)CC2=O.CCC1(c2cccc(C(F)(F)F)c2)C2=C(Cc3ncsc31)CC(C)(C)CC2=O.CCC1(c2ccccn2)C2=C(Cc3ncsc31)CC(C)(C)CC2=O.CCC1(c2cccnc2)C2=C(Cc3ncsc31)CC(C)(C)CC2=O.CCC1(c2ccncc2)C2=C(Cc3ncsc31)CC(C)(C)CC2=O. The van der Waals surface area contributed by atoms with E-state index in [-0.39, 0.29) is 54.5 Å². The van der Waals surface area contributed by atoms with E-state index in [4.69, 9.17) is 4.98 Å². The highest BCUT2D eigenvalue weighted by molar-refractivity contribution is 7.11. The summed E-state index contributed by atoms with van der Waals surface area (Å²) in [5.74, 6) is 1.33. The first-order chi connectivity index (χ1) is 60.6. The summed E-state index contributed by atoms with van der Waals surface area (Å²) in [6.07, 6.45) is 20.3. The molecule has 0 aliphatic heterocycles. The molecule has 20 rings (SSSR count). The molecule has 8 heterocycles. The third-order valence-electron chi connectivity index (χ3n) is 29.0. The maximum Gasteiger partial charge on any atom is 0.416 e. The smallest absolute Gasteiger partial charge is 0.294 e. The number of hydrogen-bond donors (Lipinski definition) is 0. The first-order valence-corrected chi connectivity index (χ1v) is 49.9. The van der Waals surface area contributed by atoms with Gasteiger partial charge in [0.25, 0.3) is 0 Å². The summed E-state index contributed by atoms with van der Waals surface area (Å²) < 4.78 is 40.3. The van der Waals surface area contributed by atoms with Crippen molar-refractivity contribution < 1.29 is 37.1 Å². The predicted octanol–water partition coefficient (Wildman–Crippen LogP) is 25.9. The zero-order chi connectivity index (χ0) is 91.5. The fourth-order valence-corrected chi connectivity index (χ4v) is 29.6. The molecule has 10 aliphatic rings. The van der Waals surface area contributed by atoms with E-state index in [2.05, 4.69) is 201 Å². The molecular formula is C107H119F3N8O5S5. The van der Waals surface area contributed by atoms with Gasteiger partial charge in [-0.15, -0.1) is 56.7 Å². The monoisotopic (exact) mass is 1810 g/mol. The number of benzene rings is 2. The maximum atomic E-state index is 13.5. The number of aromatic nitrogens is 8. The topological polar surface area (TPSA) is 188 Å². The van der Waals surface area contributed by atoms with Gasteiger partial charge in [0.05, 0.1) is 94.4 Å². The molecule has 0 radical (unpaired) electrons. The van der Waals surface area contributed by atoms with Crippen LogP contribution < -0.4 is 0 Å². The Morgan fingerprint density at radius 2 is 0.617 bits per heavy atom. The quantitative estimate of drug-likeness (QED) is 0.126. The van der Waals surface area contributed by atoms with Crippen molar-refractivity contribution in [3.63, 3.8) is 0 Å². The number of halogens is 3. The lowest BCUT2D eigenvalue weighted by molar-refractivity contribution is -0.137. The van der Waals surface area contributed by atoms with E-state index in [1.165, 1.54) is 87.7 Å². The van der Waals surface area contributed by atoms with E-state index in [1.54, 1.807) is 63.1 Å². The van der Waals surface area contributed by atoms with Crippen LogP contribution in [0.4, 0.5) is 13.2 Å². The standard InChI is InChI=1S/C25H31NOS.C22H22F3NOS.3C20H22N2OS/c1-7-25(18-10-8-9-17(12-18)23(2,3)4)21-16(11-19-22(25)28-15-26-19)13-24(5,6)14-20(21)27;1-4-21(14-6-5-7-15(9-14)22(23,24)25)18-13(8-16-19(21)28-12-26-16)10-20(2,3)11-17(18)27;1-4-20(14-5-7-21-8-6-14)17-13(9-15-18(20)24-12-22-15)10-19(2,3)11-16(17)23;1-4-20(14-6-5-7-21-11-14)17-13(8-15-18(20)24-12-22-15)9-19(2,3)10-16(17)23;1-4-20(16-7-5-6-8-21-16)17-13(9-14-18(20)24-12-22-14)10-19(2,3)11-15(17)23/h8-10,12,15H,7,11,13-14H2,1-6H3;5-7,9,12H,4,8,10-11H2,1-3H3;5-8,12H,4,9-11H2,1-3H3;5-7,11-12H,4,8-10H2,1-3H3;5-8,12H,4,9-11H2,1-3H3. The normalized spacial score (nSPS) is 24.8. The Hall–Kier alpha value is -9.12. The van der Waals surface area contributed by atoms with E-state index in [9.17, 15) is 37.1 Å². The van der Waals surface area contributed by atoms with Crippen LogP contribution in [-0.4, -0.2) is 68.8 Å². The fraction of sp³-hybridized carbons (Fsp3) is 0.467. The zero-order valence-electron chi connectivity index (χ0n) is 77.4. The molecule has 5 unspecified atom stereocenters. The Balaban J connectivity index is 0.000000118. The fourth-order valence-electron chi connectivity index (χ4n) is 24.1. The Morgan fingerprint density at radius 3 is 0.922 bits per heavy atom. The van der Waals surface area contributed by atoms with E-state index in [0.29, 0.717) is 79.2 Å². The number of carbonyl (C=O) groups is 5. The number of pyridine rings is 3. The van der Waals surface area contributed by atoms with E-state index in [0.717, 1.165) is 156 Å². The minimum atomic E-state index is -4.42. The van der Waals surface area contributed by atoms with Crippen molar-refractivity contribution in [2.45, 2.75) is 292 Å². The Morgan fingerprint density at radius 1 is 0.312 bits per heavy atom. The number of nitrogens with zero attached hydrogens (tertiary/aromatic N) is 8. The van der Waals surface area contributed by atoms with Crippen LogP contribution in [0.25, 0.3) is 0 Å². The number of rotatable bonds is 10. The number of alkyl halides is 3. The third kappa shape index (κ3) is 16.1. The van der Waals surface area contributed by atoms with Gasteiger partial charge >= 0.3 is 6.18 Å². The molecule has 0 saturated heterocycles. The molecule has 10 aliphatic carbocycles. The number of hydrogen-bond acceptors (Lipinski definition) is 18. The molecule has 0 saturated carbocycles. The maximum absolute atomic E-state index is 13.5. The van der Waals surface area contributed by atoms with Crippen LogP contribution in [0.3, 0.4) is 0 Å². The van der Waals surface area contributed by atoms with Crippen LogP contribution in [0.5, 0.6) is 0 Å². The van der Waals surface area contributed by atoms with Gasteiger partial charge in [-0.2, -0.15) is 13.2 Å². The van der Waals surface area contributed by atoms with Gasteiger partial charge in [-0.05, 0) is 161 Å². The summed E-state index contributed by atoms with van der Waals surface area (Å²) in [7, 11) is 0.